The number of rotatable bonds is 3. The summed E-state index contributed by atoms with van der Waals surface area (Å²) in [6, 6.07) is 5.74. The van der Waals surface area contributed by atoms with Crippen molar-refractivity contribution in [3.63, 3.8) is 0 Å². The largest absolute Gasteiger partial charge is 0.338 e. The number of nitrogens with zero attached hydrogens (tertiary/aromatic N) is 2. The molecular formula is C18H24N2O2. The number of amides is 2. The molecule has 3 rings (SSSR count). The van der Waals surface area contributed by atoms with Crippen LogP contribution in [0.15, 0.2) is 18.2 Å². The van der Waals surface area contributed by atoms with Gasteiger partial charge in [0.05, 0.1) is 6.42 Å². The molecule has 0 radical (unpaired) electrons. The maximum absolute atomic E-state index is 12.7. The molecule has 1 aromatic carbocycles. The van der Waals surface area contributed by atoms with Crippen molar-refractivity contribution >= 4 is 17.5 Å². The standard InChI is InChI=1S/C18H24N2O2/c1-3-8-20-16-7-6-14(10-15(16)11-17(20)21)18(22)19-9-4-5-13(2)12-19/h6-7,10,13H,3-5,8-9,11-12H2,1-2H3/t13-/m1/s1. The Morgan fingerprint density at radius 2 is 2.18 bits per heavy atom. The monoisotopic (exact) mass is 300 g/mol. The zero-order valence-corrected chi connectivity index (χ0v) is 13.5. The Bertz CT molecular complexity index is 597. The fraction of sp³-hybridized carbons (Fsp3) is 0.556. The third kappa shape index (κ3) is 2.74. The van der Waals surface area contributed by atoms with Crippen molar-refractivity contribution in [3.05, 3.63) is 29.3 Å². The molecule has 4 nitrogen and oxygen atoms in total. The van der Waals surface area contributed by atoms with Gasteiger partial charge in [0.15, 0.2) is 0 Å². The lowest BCUT2D eigenvalue weighted by atomic mass is 9.99. The number of hydrogen-bond acceptors (Lipinski definition) is 2. The second kappa shape index (κ2) is 6.11. The van der Waals surface area contributed by atoms with Gasteiger partial charge in [-0.25, -0.2) is 0 Å². The van der Waals surface area contributed by atoms with E-state index in [1.165, 1.54) is 6.42 Å². The van der Waals surface area contributed by atoms with E-state index < -0.39 is 0 Å². The number of anilines is 1. The maximum Gasteiger partial charge on any atom is 0.253 e. The van der Waals surface area contributed by atoms with Gasteiger partial charge in [0.1, 0.15) is 0 Å². The summed E-state index contributed by atoms with van der Waals surface area (Å²) >= 11 is 0. The van der Waals surface area contributed by atoms with Crippen LogP contribution in [-0.2, 0) is 11.2 Å². The fourth-order valence-corrected chi connectivity index (χ4v) is 3.54. The van der Waals surface area contributed by atoms with Crippen molar-refractivity contribution in [2.75, 3.05) is 24.5 Å². The molecule has 0 aromatic heterocycles. The fourth-order valence-electron chi connectivity index (χ4n) is 3.54. The normalized spacial score (nSPS) is 21.2. The van der Waals surface area contributed by atoms with E-state index in [0.29, 0.717) is 12.3 Å². The van der Waals surface area contributed by atoms with E-state index in [2.05, 4.69) is 13.8 Å². The first-order valence-corrected chi connectivity index (χ1v) is 8.32. The molecule has 4 heteroatoms. The lowest BCUT2D eigenvalue weighted by molar-refractivity contribution is -0.117. The van der Waals surface area contributed by atoms with Crippen LogP contribution in [0.5, 0.6) is 0 Å². The van der Waals surface area contributed by atoms with Crippen molar-refractivity contribution in [2.24, 2.45) is 5.92 Å². The second-order valence-electron chi connectivity index (χ2n) is 6.56. The highest BCUT2D eigenvalue weighted by Crippen LogP contribution is 2.30. The minimum Gasteiger partial charge on any atom is -0.338 e. The smallest absolute Gasteiger partial charge is 0.253 e. The molecule has 1 aromatic rings. The van der Waals surface area contributed by atoms with Crippen molar-refractivity contribution < 1.29 is 9.59 Å². The van der Waals surface area contributed by atoms with Crippen LogP contribution in [0.3, 0.4) is 0 Å². The third-order valence-electron chi connectivity index (χ3n) is 4.65. The number of carbonyl (C=O) groups excluding carboxylic acids is 2. The van der Waals surface area contributed by atoms with Crippen LogP contribution < -0.4 is 4.90 Å². The van der Waals surface area contributed by atoms with Gasteiger partial charge in [-0.2, -0.15) is 0 Å². The lowest BCUT2D eigenvalue weighted by Gasteiger charge is -2.31. The zero-order chi connectivity index (χ0) is 15.7. The summed E-state index contributed by atoms with van der Waals surface area (Å²) in [4.78, 5) is 28.5. The SMILES string of the molecule is CCCN1C(=O)Cc2cc(C(=O)N3CCC[C@@H](C)C3)ccc21. The Labute approximate surface area is 132 Å². The highest BCUT2D eigenvalue weighted by Gasteiger charge is 2.28. The predicted molar refractivity (Wildman–Crippen MR) is 87.1 cm³/mol. The van der Waals surface area contributed by atoms with Gasteiger partial charge < -0.3 is 9.80 Å². The summed E-state index contributed by atoms with van der Waals surface area (Å²) in [7, 11) is 0. The summed E-state index contributed by atoms with van der Waals surface area (Å²) < 4.78 is 0. The summed E-state index contributed by atoms with van der Waals surface area (Å²) in [6.45, 7) is 6.71. The number of piperidine rings is 1. The number of fused-ring (bicyclic) bond motifs is 1. The van der Waals surface area contributed by atoms with E-state index in [9.17, 15) is 9.59 Å². The molecule has 1 fully saturated rings. The first-order valence-electron chi connectivity index (χ1n) is 8.32. The van der Waals surface area contributed by atoms with E-state index in [0.717, 1.165) is 49.3 Å². The van der Waals surface area contributed by atoms with Crippen molar-refractivity contribution in [1.82, 2.24) is 4.90 Å². The average molecular weight is 300 g/mol. The maximum atomic E-state index is 12.7. The molecule has 0 spiro atoms. The first kappa shape index (κ1) is 15.1. The lowest BCUT2D eigenvalue weighted by Crippen LogP contribution is -2.39. The molecule has 2 amide bonds. The quantitative estimate of drug-likeness (QED) is 0.861. The molecule has 0 saturated carbocycles. The van der Waals surface area contributed by atoms with Crippen molar-refractivity contribution in [1.29, 1.82) is 0 Å². The second-order valence-corrected chi connectivity index (χ2v) is 6.56. The topological polar surface area (TPSA) is 40.6 Å². The van der Waals surface area contributed by atoms with Crippen LogP contribution in [0, 0.1) is 5.92 Å². The summed E-state index contributed by atoms with van der Waals surface area (Å²) in [5, 5.41) is 0. The van der Waals surface area contributed by atoms with E-state index >= 15 is 0 Å². The Morgan fingerprint density at radius 1 is 1.36 bits per heavy atom. The minimum atomic E-state index is 0.107. The van der Waals surface area contributed by atoms with Gasteiger partial charge in [-0.1, -0.05) is 13.8 Å². The van der Waals surface area contributed by atoms with E-state index in [4.69, 9.17) is 0 Å². The summed E-state index contributed by atoms with van der Waals surface area (Å²) in [5.41, 5.74) is 2.70. The van der Waals surface area contributed by atoms with Crippen molar-refractivity contribution in [2.45, 2.75) is 39.5 Å². The third-order valence-corrected chi connectivity index (χ3v) is 4.65. The van der Waals surface area contributed by atoms with Gasteiger partial charge in [-0.3, -0.25) is 9.59 Å². The highest BCUT2D eigenvalue weighted by atomic mass is 16.2. The molecule has 0 unspecified atom stereocenters. The predicted octanol–water partition coefficient (Wildman–Crippen LogP) is 2.86. The van der Waals surface area contributed by atoms with Gasteiger partial charge in [0, 0.05) is 30.9 Å². The average Bonchev–Trinajstić information content (AvgIpc) is 2.82. The number of hydrogen-bond donors (Lipinski definition) is 0. The van der Waals surface area contributed by atoms with E-state index in [-0.39, 0.29) is 11.8 Å². The molecular weight excluding hydrogens is 276 g/mol. The van der Waals surface area contributed by atoms with Gasteiger partial charge in [0.25, 0.3) is 5.91 Å². The molecule has 2 aliphatic rings. The first-order chi connectivity index (χ1) is 10.6. The van der Waals surface area contributed by atoms with Gasteiger partial charge in [-0.05, 0) is 48.9 Å². The molecule has 2 heterocycles. The molecule has 1 atom stereocenters. The Kier molecular flexibility index (Phi) is 4.19. The van der Waals surface area contributed by atoms with Crippen LogP contribution in [0.2, 0.25) is 0 Å². The van der Waals surface area contributed by atoms with Crippen LogP contribution in [-0.4, -0.2) is 36.3 Å². The minimum absolute atomic E-state index is 0.107. The van der Waals surface area contributed by atoms with Gasteiger partial charge >= 0.3 is 0 Å². The van der Waals surface area contributed by atoms with E-state index in [1.54, 1.807) is 0 Å². The Hall–Kier alpha value is -1.84. The molecule has 0 N–H and O–H groups in total. The zero-order valence-electron chi connectivity index (χ0n) is 13.5. The number of carbonyl (C=O) groups is 2. The summed E-state index contributed by atoms with van der Waals surface area (Å²) in [6.07, 6.45) is 3.65. The molecule has 118 valence electrons. The molecule has 2 aliphatic heterocycles. The number of likely N-dealkylation sites (tertiary alicyclic amines) is 1. The van der Waals surface area contributed by atoms with E-state index in [1.807, 2.05) is 28.0 Å². The van der Waals surface area contributed by atoms with Crippen LogP contribution in [0.1, 0.15) is 49.0 Å². The number of benzene rings is 1. The van der Waals surface area contributed by atoms with Crippen LogP contribution >= 0.6 is 0 Å². The molecule has 0 bridgehead atoms. The molecule has 1 saturated heterocycles. The molecule has 22 heavy (non-hydrogen) atoms. The molecule has 0 aliphatic carbocycles. The van der Waals surface area contributed by atoms with Crippen LogP contribution in [0.4, 0.5) is 5.69 Å². The van der Waals surface area contributed by atoms with Gasteiger partial charge in [-0.15, -0.1) is 0 Å². The Balaban J connectivity index is 1.81. The van der Waals surface area contributed by atoms with Crippen molar-refractivity contribution in [3.8, 4) is 0 Å². The Morgan fingerprint density at radius 3 is 2.91 bits per heavy atom. The van der Waals surface area contributed by atoms with Crippen LogP contribution in [0.25, 0.3) is 0 Å². The highest BCUT2D eigenvalue weighted by molar-refractivity contribution is 6.03. The summed E-state index contributed by atoms with van der Waals surface area (Å²) in [5.74, 6) is 0.831. The van der Waals surface area contributed by atoms with Gasteiger partial charge in [0.2, 0.25) is 5.91 Å².